The summed E-state index contributed by atoms with van der Waals surface area (Å²) >= 11 is 0. The highest BCUT2D eigenvalue weighted by atomic mass is 32.2. The van der Waals surface area contributed by atoms with Crippen molar-refractivity contribution in [2.75, 3.05) is 35.5 Å². The van der Waals surface area contributed by atoms with Gasteiger partial charge in [-0.3, -0.25) is 19.2 Å². The van der Waals surface area contributed by atoms with Crippen molar-refractivity contribution in [2.45, 2.75) is 9.79 Å². The van der Waals surface area contributed by atoms with Crippen molar-refractivity contribution in [3.8, 4) is 52.0 Å². The number of ether oxygens (including phenoxy) is 2. The number of benzene rings is 6. The second-order valence-corrected chi connectivity index (χ2v) is 15.9. The van der Waals surface area contributed by atoms with E-state index in [1.807, 2.05) is 18.2 Å². The average Bonchev–Trinajstić information content (AvgIpc) is 3.69. The fourth-order valence-corrected chi connectivity index (χ4v) is 9.24. The molecule has 2 aliphatic heterocycles. The van der Waals surface area contributed by atoms with Gasteiger partial charge >= 0.3 is 0 Å². The molecule has 0 radical (unpaired) electrons. The molecule has 8 rings (SSSR count). The van der Waals surface area contributed by atoms with Crippen LogP contribution in [0.4, 0.5) is 28.4 Å². The number of nitrogens with two attached hydrogens (primary N) is 2. The van der Waals surface area contributed by atoms with Crippen LogP contribution in [0.3, 0.4) is 0 Å². The zero-order valence-corrected chi connectivity index (χ0v) is 33.6. The Morgan fingerprint density at radius 3 is 1.37 bits per heavy atom. The summed E-state index contributed by atoms with van der Waals surface area (Å²) in [4.78, 5) is 59.5. The third-order valence-corrected chi connectivity index (χ3v) is 12.4. The molecule has 0 bridgehead atoms. The maximum Gasteiger partial charge on any atom is 0.266 e. The lowest BCUT2D eigenvalue weighted by Gasteiger charge is -2.19. The number of imide groups is 2. The highest BCUT2D eigenvalue weighted by Gasteiger charge is 2.40. The molecule has 0 saturated carbocycles. The Kier molecular flexibility index (Phi) is 9.68. The summed E-state index contributed by atoms with van der Waals surface area (Å²) < 4.78 is 39.6. The number of amides is 4. The van der Waals surface area contributed by atoms with Crippen molar-refractivity contribution >= 4 is 61.9 Å². The quantitative estimate of drug-likeness (QED) is 0.0908. The zero-order valence-electron chi connectivity index (χ0n) is 32.7. The number of hydrogen-bond acceptors (Lipinski definition) is 13. The van der Waals surface area contributed by atoms with Gasteiger partial charge in [0, 0.05) is 34.6 Å². The number of rotatable bonds is 8. The van der Waals surface area contributed by atoms with Crippen LogP contribution in [0, 0.1) is 40.6 Å². The molecule has 0 fully saturated rings. The predicted molar refractivity (Wildman–Crippen MR) is 227 cm³/mol. The van der Waals surface area contributed by atoms with Gasteiger partial charge < -0.3 is 20.9 Å². The third kappa shape index (κ3) is 6.30. The largest absolute Gasteiger partial charge is 0.495 e. The number of anilines is 4. The Labute approximate surface area is 358 Å². The van der Waals surface area contributed by atoms with Gasteiger partial charge in [0.1, 0.15) is 21.3 Å². The minimum atomic E-state index is -4.52. The van der Waals surface area contributed by atoms with Gasteiger partial charge in [0.15, 0.2) is 5.69 Å². The average molecular weight is 851 g/mol. The molecular formula is C46H26N8O8S. The Bertz CT molecular complexity index is 3120. The summed E-state index contributed by atoms with van der Waals surface area (Å²) in [5, 5.41) is 29.3. The van der Waals surface area contributed by atoms with E-state index in [1.54, 1.807) is 0 Å². The number of fused-ring (bicyclic) bond motifs is 2. The van der Waals surface area contributed by atoms with Crippen LogP contribution >= 0.6 is 0 Å². The van der Waals surface area contributed by atoms with E-state index in [0.29, 0.717) is 11.1 Å². The summed E-state index contributed by atoms with van der Waals surface area (Å²) in [6.45, 7) is 7.61. The third-order valence-electron chi connectivity index (χ3n) is 10.5. The molecule has 0 aromatic heterocycles. The van der Waals surface area contributed by atoms with Gasteiger partial charge in [-0.25, -0.2) is 23.1 Å². The molecule has 6 aromatic carbocycles. The normalized spacial score (nSPS) is 12.9. The van der Waals surface area contributed by atoms with Crippen LogP contribution in [-0.4, -0.2) is 46.3 Å². The van der Waals surface area contributed by atoms with Gasteiger partial charge in [0.25, 0.3) is 23.6 Å². The fourth-order valence-electron chi connectivity index (χ4n) is 7.69. The molecule has 2 heterocycles. The van der Waals surface area contributed by atoms with E-state index in [9.17, 15) is 43.4 Å². The van der Waals surface area contributed by atoms with E-state index in [0.717, 1.165) is 21.9 Å². The Hall–Kier alpha value is -9.29. The number of methoxy groups -OCH3 is 2. The molecular weight excluding hydrogens is 825 g/mol. The minimum Gasteiger partial charge on any atom is -0.495 e. The number of sulfone groups is 1. The van der Waals surface area contributed by atoms with E-state index in [-0.39, 0.29) is 99.8 Å². The van der Waals surface area contributed by atoms with Crippen LogP contribution in [0.2, 0.25) is 0 Å². The maximum atomic E-state index is 14.3. The minimum absolute atomic E-state index is 0.0174. The summed E-state index contributed by atoms with van der Waals surface area (Å²) in [7, 11) is -2.12. The molecule has 4 amide bonds. The molecule has 6 aromatic rings. The van der Waals surface area contributed by atoms with Gasteiger partial charge in [-0.1, -0.05) is 12.1 Å². The van der Waals surface area contributed by atoms with Crippen LogP contribution in [0.15, 0.2) is 107 Å². The molecule has 0 spiro atoms. The second kappa shape index (κ2) is 15.1. The van der Waals surface area contributed by atoms with E-state index < -0.39 is 33.5 Å². The molecule has 2 aliphatic rings. The lowest BCUT2D eigenvalue weighted by atomic mass is 9.92. The topological polar surface area (TPSA) is 255 Å². The summed E-state index contributed by atoms with van der Waals surface area (Å²) in [6.07, 6.45) is 0. The van der Waals surface area contributed by atoms with Gasteiger partial charge in [0.2, 0.25) is 9.84 Å². The van der Waals surface area contributed by atoms with Crippen molar-refractivity contribution in [3.63, 3.8) is 0 Å². The molecule has 304 valence electrons. The van der Waals surface area contributed by atoms with Crippen molar-refractivity contribution in [1.82, 2.24) is 0 Å². The number of nitrogen functional groups attached to an aromatic ring is 2. The van der Waals surface area contributed by atoms with Crippen LogP contribution < -0.4 is 30.7 Å². The first kappa shape index (κ1) is 40.5. The second-order valence-electron chi connectivity index (χ2n) is 14.0. The lowest BCUT2D eigenvalue weighted by molar-refractivity contribution is 0.0910. The summed E-state index contributed by atoms with van der Waals surface area (Å²) in [6, 6.07) is 27.4. The zero-order chi connectivity index (χ0) is 45.1. The van der Waals surface area contributed by atoms with Crippen LogP contribution in [0.5, 0.6) is 11.5 Å². The van der Waals surface area contributed by atoms with E-state index >= 15 is 0 Å². The van der Waals surface area contributed by atoms with Crippen LogP contribution in [0.25, 0.3) is 27.1 Å². The smallest absolute Gasteiger partial charge is 0.266 e. The van der Waals surface area contributed by atoms with Crippen molar-refractivity contribution in [3.05, 3.63) is 147 Å². The molecule has 0 atom stereocenters. The van der Waals surface area contributed by atoms with E-state index in [2.05, 4.69) is 4.85 Å². The van der Waals surface area contributed by atoms with Crippen molar-refractivity contribution in [1.29, 1.82) is 15.8 Å². The summed E-state index contributed by atoms with van der Waals surface area (Å²) in [5.74, 6) is -3.42. The fraction of sp³-hybridized carbons (Fsp3) is 0.0435. The SMILES string of the molecule is [C-]#[N+]c1cc(N)cc(C#N)c1-c1ccc2c(c1)C(=O)N(c1ccc(S(=O)(=O)c3ccc(N4C(=O)c5ccc(-c6c(C#N)cc(N)cc6C#N)cc5C4=O)cc3OC)c(OC)c1)C2=O. The van der Waals surface area contributed by atoms with Crippen LogP contribution in [-0.2, 0) is 9.84 Å². The molecule has 0 aliphatic carbocycles. The molecule has 0 unspecified atom stereocenters. The number of nitriles is 3. The number of hydrogen-bond donors (Lipinski definition) is 2. The maximum absolute atomic E-state index is 14.3. The molecule has 63 heavy (non-hydrogen) atoms. The molecule has 16 nitrogen and oxygen atoms in total. The standard InChI is InChI=1S/C46H26N8O8S/c1-52-36-17-29(51)14-27(22-49)42(36)24-5-9-33-35(16-24)46(58)54(44(33)56)31-7-11-40(38(19-31)62-3)63(59,60)39-10-6-30(18-37(39)61-2)53-43(55)32-8-4-23(15-34(32)45(53)57)41-25(20-47)12-28(50)13-26(41)21-48/h4-19H,50-51H2,2-3H3. The number of carbonyl (C=O) groups is 4. The highest BCUT2D eigenvalue weighted by Crippen LogP contribution is 2.43. The van der Waals surface area contributed by atoms with Gasteiger partial charge in [-0.15, -0.1) is 0 Å². The number of nitrogens with zero attached hydrogens (tertiary/aromatic N) is 6. The first-order chi connectivity index (χ1) is 30.2. The predicted octanol–water partition coefficient (Wildman–Crippen LogP) is 6.80. The first-order valence-corrected chi connectivity index (χ1v) is 19.8. The number of carbonyl (C=O) groups excluding carboxylic acids is 4. The van der Waals surface area contributed by atoms with Crippen molar-refractivity contribution < 1.29 is 37.1 Å². The Morgan fingerprint density at radius 1 is 0.556 bits per heavy atom. The van der Waals surface area contributed by atoms with Gasteiger partial charge in [-0.05, 0) is 83.9 Å². The first-order valence-electron chi connectivity index (χ1n) is 18.3. The van der Waals surface area contributed by atoms with Gasteiger partial charge in [0.05, 0.1) is 89.3 Å². The molecule has 17 heteroatoms. The van der Waals surface area contributed by atoms with Crippen LogP contribution in [0.1, 0.15) is 58.1 Å². The molecule has 0 saturated heterocycles. The molecule has 4 N–H and O–H groups in total. The Morgan fingerprint density at radius 2 is 0.952 bits per heavy atom. The Balaban J connectivity index is 1.10. The van der Waals surface area contributed by atoms with Crippen molar-refractivity contribution in [2.24, 2.45) is 0 Å². The highest BCUT2D eigenvalue weighted by molar-refractivity contribution is 7.91. The van der Waals surface area contributed by atoms with E-state index in [1.165, 1.54) is 99.1 Å². The van der Waals surface area contributed by atoms with Gasteiger partial charge in [-0.2, -0.15) is 15.8 Å². The van der Waals surface area contributed by atoms with E-state index in [4.69, 9.17) is 27.5 Å². The monoisotopic (exact) mass is 850 g/mol. The summed E-state index contributed by atoms with van der Waals surface area (Å²) in [5.41, 5.74) is 13.6. The lowest BCUT2D eigenvalue weighted by Crippen LogP contribution is -2.29.